The number of pyridine rings is 1. The summed E-state index contributed by atoms with van der Waals surface area (Å²) in [6, 6.07) is 4.07. The molecule has 1 aliphatic rings. The summed E-state index contributed by atoms with van der Waals surface area (Å²) in [7, 11) is 0. The molecular formula is C43H68GaN5O14. The molecule has 19 nitrogen and oxygen atoms in total. The van der Waals surface area contributed by atoms with Crippen LogP contribution in [-0.4, -0.2) is 204 Å². The smallest absolute Gasteiger partial charge is 0.549 e. The summed E-state index contributed by atoms with van der Waals surface area (Å²) in [6.45, 7) is 8.79. The van der Waals surface area contributed by atoms with Gasteiger partial charge < -0.3 is 58.3 Å². The second-order valence-electron chi connectivity index (χ2n) is 15.1. The van der Waals surface area contributed by atoms with E-state index in [-0.39, 0.29) is 109 Å². The van der Waals surface area contributed by atoms with Crippen molar-refractivity contribution in [2.75, 3.05) is 118 Å². The molecule has 1 aliphatic heterocycles. The number of ketones is 2. The van der Waals surface area contributed by atoms with Gasteiger partial charge in [0.2, 0.25) is 5.91 Å². The molecule has 2 heterocycles. The predicted octanol–water partition coefficient (Wildman–Crippen LogP) is -2.16. The molecule has 0 spiro atoms. The van der Waals surface area contributed by atoms with Gasteiger partial charge in [-0.3, -0.25) is 34.1 Å². The normalized spacial score (nSPS) is 14.5. The maximum absolute atomic E-state index is 12.8. The molecule has 0 radical (unpaired) electrons. The summed E-state index contributed by atoms with van der Waals surface area (Å²) in [4.78, 5) is 83.3. The van der Waals surface area contributed by atoms with Gasteiger partial charge in [0.25, 0.3) is 0 Å². The second-order valence-corrected chi connectivity index (χ2v) is 15.1. The fourth-order valence-corrected chi connectivity index (χ4v) is 6.72. The molecule has 1 unspecified atom stereocenters. The van der Waals surface area contributed by atoms with E-state index in [0.29, 0.717) is 116 Å². The average molecular weight is 949 g/mol. The Kier molecular flexibility index (Phi) is 32.9. The van der Waals surface area contributed by atoms with Crippen LogP contribution >= 0.6 is 0 Å². The van der Waals surface area contributed by atoms with E-state index in [2.05, 4.69) is 4.98 Å². The number of aliphatic carboxylic acids is 3. The van der Waals surface area contributed by atoms with E-state index < -0.39 is 30.5 Å². The summed E-state index contributed by atoms with van der Waals surface area (Å²) >= 11 is 0. The van der Waals surface area contributed by atoms with Crippen molar-refractivity contribution in [2.24, 2.45) is 0 Å². The molecule has 1 aromatic heterocycles. The third kappa shape index (κ3) is 29.0. The Morgan fingerprint density at radius 1 is 0.651 bits per heavy atom. The SMILES string of the molecule is CCOCCOCCCN(CC(=O)CCCCOCCOCCOCCCCC(=O)CCC(C(=O)[O-])N1CCN(CC(=O)[O-])CCN(CC(=O)[O-])Cc2cccc(n2)C1)C(C)=O.[Ga+3]. The minimum Gasteiger partial charge on any atom is -0.549 e. The van der Waals surface area contributed by atoms with E-state index in [9.17, 15) is 44.1 Å². The van der Waals surface area contributed by atoms with E-state index in [1.807, 2.05) is 6.92 Å². The predicted molar refractivity (Wildman–Crippen MR) is 225 cm³/mol. The number of unbranched alkanes of at least 4 members (excludes halogenated alkanes) is 2. The number of hydrogen-bond acceptors (Lipinski definition) is 18. The average Bonchev–Trinajstić information content (AvgIpc) is 3.21. The Morgan fingerprint density at radius 2 is 1.16 bits per heavy atom. The first-order chi connectivity index (χ1) is 29.9. The molecule has 2 bridgehead atoms. The van der Waals surface area contributed by atoms with Crippen molar-refractivity contribution in [3.05, 3.63) is 29.6 Å². The van der Waals surface area contributed by atoms with Crippen LogP contribution in [0.15, 0.2) is 18.2 Å². The van der Waals surface area contributed by atoms with Gasteiger partial charge in [0, 0.05) is 112 Å². The van der Waals surface area contributed by atoms with Crippen LogP contribution in [0.1, 0.15) is 83.0 Å². The molecule has 20 heteroatoms. The molecule has 0 saturated heterocycles. The Hall–Kier alpha value is -3.31. The van der Waals surface area contributed by atoms with Crippen LogP contribution in [0.2, 0.25) is 0 Å². The van der Waals surface area contributed by atoms with Gasteiger partial charge in [0.05, 0.1) is 81.5 Å². The number of aromatic nitrogens is 1. The Balaban J connectivity index is 0.0000198. The molecule has 0 N–H and O–H groups in total. The van der Waals surface area contributed by atoms with Crippen LogP contribution in [0.3, 0.4) is 0 Å². The fraction of sp³-hybridized carbons (Fsp3) is 0.744. The van der Waals surface area contributed by atoms with Crippen LogP contribution < -0.4 is 15.3 Å². The van der Waals surface area contributed by atoms with Gasteiger partial charge in [-0.25, -0.2) is 0 Å². The Bertz CT molecular complexity index is 1480. The van der Waals surface area contributed by atoms with Crippen LogP contribution in [-0.2, 0) is 65.5 Å². The van der Waals surface area contributed by atoms with Gasteiger partial charge in [-0.15, -0.1) is 0 Å². The van der Waals surface area contributed by atoms with Gasteiger partial charge in [0.1, 0.15) is 5.78 Å². The van der Waals surface area contributed by atoms with Gasteiger partial charge in [-0.05, 0) is 57.6 Å². The minimum atomic E-state index is -1.35. The standard InChI is InChI=1S/C43H71N5O14.Ga/c1-3-58-24-25-61-23-9-16-47(35(2)49)32-39(51)13-5-7-22-60-27-29-62-28-26-59-21-6-4-12-38(50)14-15-40(43(56)57)48-20-19-45(33-41(52)53)17-18-46(34-42(54)55)30-36-10-8-11-37(31-48)44-36;/h8,10-11,40H,3-7,9,12-34H2,1-2H3,(H,52,53)(H,54,55)(H,56,57);/q;+3/p-3. The van der Waals surface area contributed by atoms with Crippen molar-refractivity contribution < 1.29 is 67.8 Å². The number of Topliss-reactive ketones (excluding diaryl/α,β-unsaturated/α-hetero) is 2. The number of rotatable bonds is 35. The van der Waals surface area contributed by atoms with Crippen LogP contribution in [0.4, 0.5) is 0 Å². The zero-order valence-corrected chi connectivity index (χ0v) is 39.8. The van der Waals surface area contributed by atoms with Crippen molar-refractivity contribution in [2.45, 2.75) is 90.8 Å². The first-order valence-corrected chi connectivity index (χ1v) is 21.8. The molecule has 0 saturated carbocycles. The van der Waals surface area contributed by atoms with Crippen molar-refractivity contribution in [3.63, 3.8) is 0 Å². The summed E-state index contributed by atoms with van der Waals surface area (Å²) in [5.74, 6) is -4.15. The molecule has 1 atom stereocenters. The van der Waals surface area contributed by atoms with E-state index in [1.165, 1.54) is 6.92 Å². The first-order valence-electron chi connectivity index (χ1n) is 21.8. The molecule has 1 aromatic rings. The van der Waals surface area contributed by atoms with E-state index >= 15 is 0 Å². The van der Waals surface area contributed by atoms with Crippen molar-refractivity contribution >= 4 is 55.2 Å². The van der Waals surface area contributed by atoms with Crippen molar-refractivity contribution in [1.82, 2.24) is 24.6 Å². The summed E-state index contributed by atoms with van der Waals surface area (Å²) in [5.41, 5.74) is 1.10. The molecule has 2 rings (SSSR count). The molecule has 0 fully saturated rings. The molecular weight excluding hydrogens is 880 g/mol. The molecule has 1 amide bonds. The monoisotopic (exact) mass is 947 g/mol. The minimum absolute atomic E-state index is 0. The summed E-state index contributed by atoms with van der Waals surface area (Å²) in [6.07, 6.45) is 3.93. The quantitative estimate of drug-likeness (QED) is 0.0520. The number of amides is 1. The summed E-state index contributed by atoms with van der Waals surface area (Å²) < 4.78 is 27.4. The maximum Gasteiger partial charge on any atom is 3.00 e. The number of carbonyl (C=O) groups excluding carboxylic acids is 6. The fourth-order valence-electron chi connectivity index (χ4n) is 6.72. The maximum atomic E-state index is 12.8. The van der Waals surface area contributed by atoms with Crippen molar-refractivity contribution in [3.8, 4) is 0 Å². The van der Waals surface area contributed by atoms with Gasteiger partial charge in [-0.2, -0.15) is 0 Å². The van der Waals surface area contributed by atoms with Crippen molar-refractivity contribution in [1.29, 1.82) is 0 Å². The van der Waals surface area contributed by atoms with E-state index in [4.69, 9.17) is 23.7 Å². The van der Waals surface area contributed by atoms with Crippen LogP contribution in [0.25, 0.3) is 0 Å². The molecule has 0 aliphatic carbocycles. The van der Waals surface area contributed by atoms with Gasteiger partial charge >= 0.3 is 19.8 Å². The zero-order chi connectivity index (χ0) is 45.4. The number of fused-ring (bicyclic) bond motifs is 2. The van der Waals surface area contributed by atoms with Crippen LogP contribution in [0, 0.1) is 0 Å². The van der Waals surface area contributed by atoms with E-state index in [1.54, 1.807) is 37.8 Å². The summed E-state index contributed by atoms with van der Waals surface area (Å²) in [5, 5.41) is 35.2. The molecule has 63 heavy (non-hydrogen) atoms. The molecule has 352 valence electrons. The number of ether oxygens (including phenoxy) is 5. The third-order valence-corrected chi connectivity index (χ3v) is 10.0. The number of hydrogen-bond donors (Lipinski definition) is 0. The zero-order valence-electron chi connectivity index (χ0n) is 37.3. The topological polar surface area (TPSA) is 244 Å². The Labute approximate surface area is 385 Å². The number of carboxylic acid groups (broad SMARTS) is 3. The number of carboxylic acids is 3. The largest absolute Gasteiger partial charge is 3.00 e. The van der Waals surface area contributed by atoms with Gasteiger partial charge in [-0.1, -0.05) is 6.07 Å². The third-order valence-electron chi connectivity index (χ3n) is 10.0. The number of carbonyl (C=O) groups is 6. The van der Waals surface area contributed by atoms with E-state index in [0.717, 1.165) is 6.42 Å². The second kappa shape index (κ2) is 36.0. The Morgan fingerprint density at radius 3 is 1.73 bits per heavy atom. The van der Waals surface area contributed by atoms with Gasteiger partial charge in [0.15, 0.2) is 5.78 Å². The number of nitrogens with zero attached hydrogens (tertiary/aromatic N) is 5. The van der Waals surface area contributed by atoms with Crippen LogP contribution in [0.5, 0.6) is 0 Å². The molecule has 0 aromatic carbocycles. The first kappa shape index (κ1) is 57.7.